The van der Waals surface area contributed by atoms with Crippen molar-refractivity contribution in [1.82, 2.24) is 9.55 Å². The number of rotatable bonds is 5. The lowest BCUT2D eigenvalue weighted by Gasteiger charge is -2.09. The SMILES string of the molecule is CCCCNc1nccn1-c1ccc(F)c(F)c1. The van der Waals surface area contributed by atoms with E-state index in [9.17, 15) is 8.78 Å². The highest BCUT2D eigenvalue weighted by Crippen LogP contribution is 2.17. The maximum atomic E-state index is 13.2. The molecule has 1 aromatic heterocycles. The summed E-state index contributed by atoms with van der Waals surface area (Å²) in [6, 6.07) is 3.79. The quantitative estimate of drug-likeness (QED) is 0.826. The number of imidazole rings is 1. The number of anilines is 1. The molecule has 0 bridgehead atoms. The minimum atomic E-state index is -0.860. The smallest absolute Gasteiger partial charge is 0.207 e. The first-order valence-corrected chi connectivity index (χ1v) is 5.95. The zero-order valence-corrected chi connectivity index (χ0v) is 10.2. The first-order valence-electron chi connectivity index (χ1n) is 5.95. The summed E-state index contributed by atoms with van der Waals surface area (Å²) in [6.45, 7) is 2.90. The van der Waals surface area contributed by atoms with Crippen LogP contribution in [0.25, 0.3) is 5.69 Å². The third-order valence-electron chi connectivity index (χ3n) is 2.64. The zero-order valence-electron chi connectivity index (χ0n) is 10.2. The van der Waals surface area contributed by atoms with Gasteiger partial charge in [0.05, 0.1) is 5.69 Å². The van der Waals surface area contributed by atoms with Crippen molar-refractivity contribution in [2.75, 3.05) is 11.9 Å². The predicted octanol–water partition coefficient (Wildman–Crippen LogP) is 3.36. The Morgan fingerprint density at radius 2 is 2.11 bits per heavy atom. The molecule has 0 aliphatic carbocycles. The molecule has 2 rings (SSSR count). The second-order valence-corrected chi connectivity index (χ2v) is 4.00. The molecule has 1 N–H and O–H groups in total. The molecule has 2 aromatic rings. The van der Waals surface area contributed by atoms with E-state index < -0.39 is 11.6 Å². The lowest BCUT2D eigenvalue weighted by molar-refractivity contribution is 0.508. The number of hydrogen-bond acceptors (Lipinski definition) is 2. The van der Waals surface area contributed by atoms with Gasteiger partial charge in [0, 0.05) is 25.0 Å². The van der Waals surface area contributed by atoms with Crippen molar-refractivity contribution in [3.63, 3.8) is 0 Å². The van der Waals surface area contributed by atoms with E-state index in [2.05, 4.69) is 17.2 Å². The summed E-state index contributed by atoms with van der Waals surface area (Å²) >= 11 is 0. The molecule has 0 amide bonds. The van der Waals surface area contributed by atoms with Crippen LogP contribution >= 0.6 is 0 Å². The van der Waals surface area contributed by atoms with E-state index in [1.807, 2.05) is 0 Å². The van der Waals surface area contributed by atoms with Crippen molar-refractivity contribution < 1.29 is 8.78 Å². The van der Waals surface area contributed by atoms with Crippen LogP contribution in [0.1, 0.15) is 19.8 Å². The van der Waals surface area contributed by atoms with Crippen molar-refractivity contribution in [3.8, 4) is 5.69 Å². The van der Waals surface area contributed by atoms with Crippen molar-refractivity contribution in [3.05, 3.63) is 42.2 Å². The number of benzene rings is 1. The van der Waals surface area contributed by atoms with Gasteiger partial charge in [-0.3, -0.25) is 4.57 Å². The van der Waals surface area contributed by atoms with Crippen LogP contribution in [-0.4, -0.2) is 16.1 Å². The van der Waals surface area contributed by atoms with Crippen LogP contribution in [0, 0.1) is 11.6 Å². The zero-order chi connectivity index (χ0) is 13.0. The van der Waals surface area contributed by atoms with Gasteiger partial charge in [0.15, 0.2) is 11.6 Å². The fourth-order valence-corrected chi connectivity index (χ4v) is 1.65. The maximum Gasteiger partial charge on any atom is 0.207 e. The molecule has 0 aliphatic rings. The Balaban J connectivity index is 2.22. The van der Waals surface area contributed by atoms with E-state index in [0.29, 0.717) is 11.6 Å². The molecular formula is C13H15F2N3. The Kier molecular flexibility index (Phi) is 3.92. The van der Waals surface area contributed by atoms with Crippen LogP contribution < -0.4 is 5.32 Å². The average Bonchev–Trinajstić information content (AvgIpc) is 2.81. The number of nitrogens with zero attached hydrogens (tertiary/aromatic N) is 2. The summed E-state index contributed by atoms with van der Waals surface area (Å²) in [5.74, 6) is -1.07. The molecule has 1 aromatic carbocycles. The second-order valence-electron chi connectivity index (χ2n) is 4.00. The van der Waals surface area contributed by atoms with Crippen molar-refractivity contribution in [2.24, 2.45) is 0 Å². The molecule has 96 valence electrons. The highest BCUT2D eigenvalue weighted by Gasteiger charge is 2.07. The molecule has 0 saturated heterocycles. The van der Waals surface area contributed by atoms with E-state index in [4.69, 9.17) is 0 Å². The minimum absolute atomic E-state index is 0.547. The van der Waals surface area contributed by atoms with Gasteiger partial charge in [-0.05, 0) is 18.6 Å². The number of aromatic nitrogens is 2. The highest BCUT2D eigenvalue weighted by molar-refractivity contribution is 5.42. The van der Waals surface area contributed by atoms with E-state index in [-0.39, 0.29) is 0 Å². The van der Waals surface area contributed by atoms with Crippen LogP contribution in [0.15, 0.2) is 30.6 Å². The molecule has 0 fully saturated rings. The van der Waals surface area contributed by atoms with Crippen LogP contribution in [0.5, 0.6) is 0 Å². The fraction of sp³-hybridized carbons (Fsp3) is 0.308. The monoisotopic (exact) mass is 251 g/mol. The molecule has 0 radical (unpaired) electrons. The van der Waals surface area contributed by atoms with Crippen LogP contribution in [0.4, 0.5) is 14.7 Å². The lowest BCUT2D eigenvalue weighted by Crippen LogP contribution is -2.07. The molecule has 0 spiro atoms. The summed E-state index contributed by atoms with van der Waals surface area (Å²) in [5, 5.41) is 3.16. The summed E-state index contributed by atoms with van der Waals surface area (Å²) in [6.07, 6.45) is 5.44. The molecule has 1 heterocycles. The fourth-order valence-electron chi connectivity index (χ4n) is 1.65. The van der Waals surface area contributed by atoms with Crippen molar-refractivity contribution in [1.29, 1.82) is 0 Å². The van der Waals surface area contributed by atoms with Gasteiger partial charge in [0.1, 0.15) is 0 Å². The van der Waals surface area contributed by atoms with E-state index >= 15 is 0 Å². The van der Waals surface area contributed by atoms with Gasteiger partial charge >= 0.3 is 0 Å². The van der Waals surface area contributed by atoms with Gasteiger partial charge in [0.2, 0.25) is 5.95 Å². The molecule has 0 saturated carbocycles. The topological polar surface area (TPSA) is 29.9 Å². The molecule has 18 heavy (non-hydrogen) atoms. The molecule has 5 heteroatoms. The third-order valence-corrected chi connectivity index (χ3v) is 2.64. The number of hydrogen-bond donors (Lipinski definition) is 1. The van der Waals surface area contributed by atoms with Gasteiger partial charge in [-0.25, -0.2) is 13.8 Å². The summed E-state index contributed by atoms with van der Waals surface area (Å²) in [5.41, 5.74) is 0.547. The average molecular weight is 251 g/mol. The first-order chi connectivity index (χ1) is 8.72. The van der Waals surface area contributed by atoms with Gasteiger partial charge < -0.3 is 5.32 Å². The van der Waals surface area contributed by atoms with Crippen molar-refractivity contribution >= 4 is 5.95 Å². The predicted molar refractivity (Wildman–Crippen MR) is 66.9 cm³/mol. The Morgan fingerprint density at radius 3 is 2.83 bits per heavy atom. The Morgan fingerprint density at radius 1 is 1.28 bits per heavy atom. The van der Waals surface area contributed by atoms with Gasteiger partial charge in [-0.1, -0.05) is 13.3 Å². The van der Waals surface area contributed by atoms with E-state index in [1.165, 1.54) is 6.07 Å². The molecular weight excluding hydrogens is 236 g/mol. The third kappa shape index (κ3) is 2.67. The summed E-state index contributed by atoms with van der Waals surface area (Å²) in [4.78, 5) is 4.15. The van der Waals surface area contributed by atoms with Crippen LogP contribution in [-0.2, 0) is 0 Å². The normalized spacial score (nSPS) is 10.6. The Hall–Kier alpha value is -1.91. The molecule has 0 aliphatic heterocycles. The number of halogens is 2. The summed E-state index contributed by atoms with van der Waals surface area (Å²) < 4.78 is 27.7. The van der Waals surface area contributed by atoms with Crippen LogP contribution in [0.2, 0.25) is 0 Å². The lowest BCUT2D eigenvalue weighted by atomic mass is 10.3. The van der Waals surface area contributed by atoms with E-state index in [0.717, 1.165) is 31.5 Å². The molecule has 0 atom stereocenters. The number of nitrogens with one attached hydrogen (secondary N) is 1. The molecule has 0 unspecified atom stereocenters. The van der Waals surface area contributed by atoms with Gasteiger partial charge in [-0.15, -0.1) is 0 Å². The largest absolute Gasteiger partial charge is 0.355 e. The van der Waals surface area contributed by atoms with Gasteiger partial charge in [-0.2, -0.15) is 0 Å². The number of unbranched alkanes of at least 4 members (excludes halogenated alkanes) is 1. The van der Waals surface area contributed by atoms with Crippen molar-refractivity contribution in [2.45, 2.75) is 19.8 Å². The minimum Gasteiger partial charge on any atom is -0.355 e. The molecule has 3 nitrogen and oxygen atoms in total. The standard InChI is InChI=1S/C13H15F2N3/c1-2-3-6-16-13-17-7-8-18(13)10-4-5-11(14)12(15)9-10/h4-5,7-9H,2-3,6H2,1H3,(H,16,17). The second kappa shape index (κ2) is 5.62. The first kappa shape index (κ1) is 12.5. The Bertz CT molecular complexity index is 523. The van der Waals surface area contributed by atoms with Crippen LogP contribution in [0.3, 0.4) is 0 Å². The van der Waals surface area contributed by atoms with Gasteiger partial charge in [0.25, 0.3) is 0 Å². The summed E-state index contributed by atoms with van der Waals surface area (Å²) in [7, 11) is 0. The highest BCUT2D eigenvalue weighted by atomic mass is 19.2. The van der Waals surface area contributed by atoms with E-state index in [1.54, 1.807) is 17.0 Å². The Labute approximate surface area is 104 Å². The maximum absolute atomic E-state index is 13.2.